The molecule has 7 heteroatoms. The summed E-state index contributed by atoms with van der Waals surface area (Å²) in [7, 11) is 1.74. The average molecular weight is 329 g/mol. The Labute approximate surface area is 137 Å². The van der Waals surface area contributed by atoms with Crippen molar-refractivity contribution in [2.24, 2.45) is 0 Å². The standard InChI is InChI=1S/C16H13ClN4O2/c1-9-3-4-12(21(22)23)6-13(9)10-5-11-8-20-16(18-2)14(17)15(11)19-7-10/h3-8H,1-2H3,(H,18,20). The third kappa shape index (κ3) is 2.68. The molecule has 0 spiro atoms. The number of nitrogens with one attached hydrogen (secondary N) is 1. The predicted molar refractivity (Wildman–Crippen MR) is 90.9 cm³/mol. The van der Waals surface area contributed by atoms with Crippen LogP contribution in [0.25, 0.3) is 22.0 Å². The lowest BCUT2D eigenvalue weighted by molar-refractivity contribution is -0.384. The van der Waals surface area contributed by atoms with Crippen LogP contribution in [-0.2, 0) is 0 Å². The Bertz CT molecular complexity index is 927. The molecular weight excluding hydrogens is 316 g/mol. The van der Waals surface area contributed by atoms with Gasteiger partial charge in [-0.05, 0) is 24.1 Å². The van der Waals surface area contributed by atoms with E-state index in [0.29, 0.717) is 16.4 Å². The van der Waals surface area contributed by atoms with Crippen molar-refractivity contribution in [2.45, 2.75) is 6.92 Å². The summed E-state index contributed by atoms with van der Waals surface area (Å²) < 4.78 is 0. The van der Waals surface area contributed by atoms with Gasteiger partial charge in [0.1, 0.15) is 10.8 Å². The van der Waals surface area contributed by atoms with Crippen molar-refractivity contribution in [1.82, 2.24) is 9.97 Å². The number of non-ortho nitro benzene ring substituents is 1. The third-order valence-corrected chi connectivity index (χ3v) is 4.00. The molecule has 0 aliphatic heterocycles. The SMILES string of the molecule is CNc1ncc2cc(-c3cc([N+](=O)[O-])ccc3C)cnc2c1Cl. The minimum absolute atomic E-state index is 0.0485. The number of nitro groups is 1. The summed E-state index contributed by atoms with van der Waals surface area (Å²) >= 11 is 6.26. The fraction of sp³-hybridized carbons (Fsp3) is 0.125. The van der Waals surface area contributed by atoms with Crippen molar-refractivity contribution in [2.75, 3.05) is 12.4 Å². The zero-order chi connectivity index (χ0) is 16.6. The van der Waals surface area contributed by atoms with Gasteiger partial charge < -0.3 is 5.32 Å². The molecule has 0 bridgehead atoms. The average Bonchev–Trinajstić information content (AvgIpc) is 2.55. The Kier molecular flexibility index (Phi) is 3.83. The maximum absolute atomic E-state index is 11.0. The highest BCUT2D eigenvalue weighted by atomic mass is 35.5. The Morgan fingerprint density at radius 1 is 1.22 bits per heavy atom. The number of anilines is 1. The number of aromatic nitrogens is 2. The van der Waals surface area contributed by atoms with Crippen LogP contribution in [0, 0.1) is 17.0 Å². The smallest absolute Gasteiger partial charge is 0.270 e. The molecule has 0 unspecified atom stereocenters. The first-order valence-electron chi connectivity index (χ1n) is 6.88. The molecule has 0 radical (unpaired) electrons. The largest absolute Gasteiger partial charge is 0.372 e. The lowest BCUT2D eigenvalue weighted by Crippen LogP contribution is -1.95. The van der Waals surface area contributed by atoms with E-state index in [-0.39, 0.29) is 5.69 Å². The highest BCUT2D eigenvalue weighted by Gasteiger charge is 2.13. The summed E-state index contributed by atoms with van der Waals surface area (Å²) in [6.07, 6.45) is 3.34. The summed E-state index contributed by atoms with van der Waals surface area (Å²) in [5, 5.41) is 15.1. The molecule has 0 saturated carbocycles. The van der Waals surface area contributed by atoms with E-state index < -0.39 is 4.92 Å². The summed E-state index contributed by atoms with van der Waals surface area (Å²) in [6.45, 7) is 1.90. The van der Waals surface area contributed by atoms with E-state index in [1.165, 1.54) is 6.07 Å². The third-order valence-electron chi connectivity index (χ3n) is 3.65. The predicted octanol–water partition coefficient (Wildman–Crippen LogP) is 4.21. The quantitative estimate of drug-likeness (QED) is 0.575. The number of nitrogens with zero attached hydrogens (tertiary/aromatic N) is 3. The number of fused-ring (bicyclic) bond motifs is 1. The first-order chi connectivity index (χ1) is 11.0. The number of aryl methyl sites for hydroxylation is 1. The van der Waals surface area contributed by atoms with Gasteiger partial charge >= 0.3 is 0 Å². The second kappa shape index (κ2) is 5.81. The first-order valence-corrected chi connectivity index (χ1v) is 7.26. The van der Waals surface area contributed by atoms with Crippen LogP contribution in [0.15, 0.2) is 36.7 Å². The molecule has 2 aromatic heterocycles. The van der Waals surface area contributed by atoms with Crippen molar-refractivity contribution in [3.05, 3.63) is 57.4 Å². The maximum Gasteiger partial charge on any atom is 0.270 e. The molecule has 0 atom stereocenters. The number of pyridine rings is 2. The lowest BCUT2D eigenvalue weighted by atomic mass is 10.0. The lowest BCUT2D eigenvalue weighted by Gasteiger charge is -2.09. The Hall–Kier alpha value is -2.73. The zero-order valence-electron chi connectivity index (χ0n) is 12.5. The molecule has 6 nitrogen and oxygen atoms in total. The molecule has 0 aliphatic carbocycles. The van der Waals surface area contributed by atoms with Crippen LogP contribution in [-0.4, -0.2) is 21.9 Å². The minimum atomic E-state index is -0.408. The normalized spacial score (nSPS) is 10.7. The summed E-state index contributed by atoms with van der Waals surface area (Å²) in [5.74, 6) is 0.561. The van der Waals surface area contributed by atoms with E-state index in [9.17, 15) is 10.1 Å². The molecule has 0 saturated heterocycles. The van der Waals surface area contributed by atoms with Gasteiger partial charge in [0.25, 0.3) is 5.69 Å². The minimum Gasteiger partial charge on any atom is -0.372 e. The van der Waals surface area contributed by atoms with Gasteiger partial charge in [0.05, 0.1) is 10.4 Å². The fourth-order valence-corrected chi connectivity index (χ4v) is 2.72. The molecule has 0 amide bonds. The van der Waals surface area contributed by atoms with Crippen LogP contribution in [0.3, 0.4) is 0 Å². The van der Waals surface area contributed by atoms with Crippen molar-refractivity contribution < 1.29 is 4.92 Å². The van der Waals surface area contributed by atoms with E-state index in [1.807, 2.05) is 13.0 Å². The maximum atomic E-state index is 11.0. The summed E-state index contributed by atoms with van der Waals surface area (Å²) in [6, 6.07) is 6.65. The van der Waals surface area contributed by atoms with E-state index >= 15 is 0 Å². The van der Waals surface area contributed by atoms with Crippen LogP contribution in [0.2, 0.25) is 5.02 Å². The first kappa shape index (κ1) is 15.2. The van der Waals surface area contributed by atoms with Gasteiger partial charge in [-0.2, -0.15) is 0 Å². The van der Waals surface area contributed by atoms with Crippen molar-refractivity contribution in [3.63, 3.8) is 0 Å². The monoisotopic (exact) mass is 328 g/mol. The highest BCUT2D eigenvalue weighted by Crippen LogP contribution is 2.32. The van der Waals surface area contributed by atoms with Crippen LogP contribution in [0.5, 0.6) is 0 Å². The molecule has 0 fully saturated rings. The summed E-state index contributed by atoms with van der Waals surface area (Å²) in [4.78, 5) is 19.2. The molecule has 23 heavy (non-hydrogen) atoms. The Morgan fingerprint density at radius 2 is 2.00 bits per heavy atom. The second-order valence-electron chi connectivity index (χ2n) is 5.09. The van der Waals surface area contributed by atoms with Gasteiger partial charge in [-0.15, -0.1) is 0 Å². The number of halogens is 1. The molecular formula is C16H13ClN4O2. The van der Waals surface area contributed by atoms with Gasteiger partial charge in [-0.3, -0.25) is 15.1 Å². The van der Waals surface area contributed by atoms with Gasteiger partial charge in [0.15, 0.2) is 0 Å². The van der Waals surface area contributed by atoms with Crippen LogP contribution < -0.4 is 5.32 Å². The highest BCUT2D eigenvalue weighted by molar-refractivity contribution is 6.37. The fourth-order valence-electron chi connectivity index (χ4n) is 2.42. The number of benzene rings is 1. The molecule has 0 aliphatic rings. The van der Waals surface area contributed by atoms with Crippen LogP contribution in [0.4, 0.5) is 11.5 Å². The van der Waals surface area contributed by atoms with E-state index in [0.717, 1.165) is 22.1 Å². The Balaban J connectivity index is 2.18. The van der Waals surface area contributed by atoms with Crippen molar-refractivity contribution in [3.8, 4) is 11.1 Å². The van der Waals surface area contributed by atoms with E-state index in [1.54, 1.807) is 31.6 Å². The van der Waals surface area contributed by atoms with Crippen LogP contribution in [0.1, 0.15) is 5.56 Å². The van der Waals surface area contributed by atoms with Crippen molar-refractivity contribution >= 4 is 34.0 Å². The molecule has 1 aromatic carbocycles. The number of nitro benzene ring substituents is 1. The second-order valence-corrected chi connectivity index (χ2v) is 5.47. The zero-order valence-corrected chi connectivity index (χ0v) is 13.3. The van der Waals surface area contributed by atoms with E-state index in [4.69, 9.17) is 11.6 Å². The van der Waals surface area contributed by atoms with Gasteiger partial charge in [0, 0.05) is 42.5 Å². The number of hydrogen-bond donors (Lipinski definition) is 1. The van der Waals surface area contributed by atoms with Gasteiger partial charge in [-0.25, -0.2) is 4.98 Å². The van der Waals surface area contributed by atoms with Gasteiger partial charge in [-0.1, -0.05) is 17.7 Å². The molecule has 116 valence electrons. The summed E-state index contributed by atoms with van der Waals surface area (Å²) in [5.41, 5.74) is 3.17. The van der Waals surface area contributed by atoms with Crippen LogP contribution >= 0.6 is 11.6 Å². The van der Waals surface area contributed by atoms with Crippen molar-refractivity contribution in [1.29, 1.82) is 0 Å². The molecule has 3 rings (SSSR count). The number of hydrogen-bond acceptors (Lipinski definition) is 5. The molecule has 1 N–H and O–H groups in total. The van der Waals surface area contributed by atoms with Gasteiger partial charge in [0.2, 0.25) is 0 Å². The molecule has 3 aromatic rings. The number of rotatable bonds is 3. The Morgan fingerprint density at radius 3 is 2.70 bits per heavy atom. The molecule has 2 heterocycles. The topological polar surface area (TPSA) is 81.0 Å². The van der Waals surface area contributed by atoms with E-state index in [2.05, 4.69) is 15.3 Å².